The highest BCUT2D eigenvalue weighted by Crippen LogP contribution is 2.22. The molecule has 0 fully saturated rings. The van der Waals surface area contributed by atoms with Crippen molar-refractivity contribution in [3.8, 4) is 0 Å². The van der Waals surface area contributed by atoms with Crippen LogP contribution in [0.5, 0.6) is 0 Å². The van der Waals surface area contributed by atoms with Gasteiger partial charge in [0.25, 0.3) is 0 Å². The lowest BCUT2D eigenvalue weighted by molar-refractivity contribution is 1.23. The highest BCUT2D eigenvalue weighted by atomic mass is 33.1. The van der Waals surface area contributed by atoms with Crippen molar-refractivity contribution >= 4 is 33.3 Å². The van der Waals surface area contributed by atoms with E-state index in [4.69, 9.17) is 22.3 Å². The number of rotatable bonds is 7. The van der Waals surface area contributed by atoms with Gasteiger partial charge in [-0.05, 0) is 0 Å². The van der Waals surface area contributed by atoms with Crippen LogP contribution < -0.4 is 11.5 Å². The summed E-state index contributed by atoms with van der Waals surface area (Å²) in [6.45, 7) is 0. The number of hydrogen-bond acceptors (Lipinski definition) is 4. The van der Waals surface area contributed by atoms with Gasteiger partial charge in [0, 0.05) is 24.3 Å². The van der Waals surface area contributed by atoms with E-state index in [1.54, 1.807) is 21.6 Å². The van der Waals surface area contributed by atoms with Crippen molar-refractivity contribution in [2.75, 3.05) is 11.5 Å². The van der Waals surface area contributed by atoms with E-state index in [0.717, 1.165) is 11.5 Å². The molecule has 70 valence electrons. The molecular weight excluding hydrogens is 192 g/mol. The molecule has 0 atom stereocenters. The van der Waals surface area contributed by atoms with Crippen molar-refractivity contribution in [2.45, 2.75) is 12.8 Å². The van der Waals surface area contributed by atoms with Gasteiger partial charge >= 0.3 is 0 Å². The molecule has 0 aromatic rings. The zero-order valence-corrected chi connectivity index (χ0v) is 8.43. The monoisotopic (exact) mass is 206 g/mol. The Morgan fingerprint density at radius 1 is 0.917 bits per heavy atom. The molecule has 12 heavy (non-hydrogen) atoms. The molecule has 0 aliphatic carbocycles. The van der Waals surface area contributed by atoms with Crippen LogP contribution in [0.25, 0.3) is 0 Å². The first-order valence-corrected chi connectivity index (χ1v) is 6.02. The fraction of sp³-hybridized carbons (Fsp3) is 0.667. The molecule has 0 saturated carbocycles. The summed E-state index contributed by atoms with van der Waals surface area (Å²) in [7, 11) is 3.33. The van der Waals surface area contributed by atoms with E-state index < -0.39 is 0 Å². The Morgan fingerprint density at radius 3 is 1.50 bits per heavy atom. The number of amidine groups is 2. The second-order valence-electron chi connectivity index (χ2n) is 2.19. The first-order valence-electron chi connectivity index (χ1n) is 3.53. The standard InChI is InChI=1S/C6H14N4S2/c7-5(8)1-3-11-12-4-2-6(9)10/h1-4H2,(H3,7,8)(H3,9,10). The van der Waals surface area contributed by atoms with E-state index in [-0.39, 0.29) is 11.7 Å². The molecule has 0 saturated heterocycles. The molecule has 0 spiro atoms. The van der Waals surface area contributed by atoms with Gasteiger partial charge in [0.15, 0.2) is 0 Å². The predicted molar refractivity (Wildman–Crippen MR) is 58.0 cm³/mol. The zero-order valence-electron chi connectivity index (χ0n) is 6.80. The summed E-state index contributed by atoms with van der Waals surface area (Å²) >= 11 is 0. The van der Waals surface area contributed by atoms with E-state index >= 15 is 0 Å². The van der Waals surface area contributed by atoms with Crippen LogP contribution in [0.4, 0.5) is 0 Å². The first kappa shape index (κ1) is 11.6. The predicted octanol–water partition coefficient (Wildman–Crippen LogP) is 1.02. The van der Waals surface area contributed by atoms with Gasteiger partial charge in [-0.15, -0.1) is 0 Å². The minimum atomic E-state index is 0.231. The lowest BCUT2D eigenvalue weighted by atomic mass is 10.5. The Kier molecular flexibility index (Phi) is 7.08. The summed E-state index contributed by atoms with van der Waals surface area (Å²) in [6.07, 6.45) is 1.27. The van der Waals surface area contributed by atoms with Crippen LogP contribution in [0, 0.1) is 10.8 Å². The Labute approximate surface area is 80.3 Å². The van der Waals surface area contributed by atoms with Crippen molar-refractivity contribution in [1.29, 1.82) is 10.8 Å². The maximum absolute atomic E-state index is 6.94. The lowest BCUT2D eigenvalue weighted by Gasteiger charge is -1.99. The topological polar surface area (TPSA) is 99.7 Å². The number of nitrogens with one attached hydrogen (secondary N) is 2. The third kappa shape index (κ3) is 9.64. The minimum Gasteiger partial charge on any atom is -0.388 e. The Bertz CT molecular complexity index is 142. The minimum absolute atomic E-state index is 0.231. The van der Waals surface area contributed by atoms with E-state index in [0.29, 0.717) is 12.8 Å². The molecule has 6 heteroatoms. The van der Waals surface area contributed by atoms with Gasteiger partial charge in [0.2, 0.25) is 0 Å². The SMILES string of the molecule is N=C(N)CCSSCCC(=N)N. The molecule has 0 aliphatic rings. The van der Waals surface area contributed by atoms with Crippen LogP contribution in [0.2, 0.25) is 0 Å². The van der Waals surface area contributed by atoms with Gasteiger partial charge in [0.1, 0.15) is 0 Å². The van der Waals surface area contributed by atoms with Gasteiger partial charge in [0.05, 0.1) is 11.7 Å². The van der Waals surface area contributed by atoms with Crippen LogP contribution in [-0.2, 0) is 0 Å². The molecule has 0 radical (unpaired) electrons. The lowest BCUT2D eigenvalue weighted by Crippen LogP contribution is -2.10. The molecule has 0 aromatic heterocycles. The number of nitrogens with two attached hydrogens (primary N) is 2. The molecular formula is C6H14N4S2. The van der Waals surface area contributed by atoms with Gasteiger partial charge < -0.3 is 11.5 Å². The number of hydrogen-bond donors (Lipinski definition) is 4. The van der Waals surface area contributed by atoms with Crippen LogP contribution in [0.3, 0.4) is 0 Å². The Morgan fingerprint density at radius 2 is 1.25 bits per heavy atom. The fourth-order valence-electron chi connectivity index (χ4n) is 0.421. The first-order chi connectivity index (χ1) is 5.63. The molecule has 0 unspecified atom stereocenters. The molecule has 0 amide bonds. The van der Waals surface area contributed by atoms with E-state index in [1.807, 2.05) is 0 Å². The van der Waals surface area contributed by atoms with Crippen molar-refractivity contribution in [1.82, 2.24) is 0 Å². The van der Waals surface area contributed by atoms with Gasteiger partial charge in [-0.1, -0.05) is 21.6 Å². The molecule has 4 nitrogen and oxygen atoms in total. The van der Waals surface area contributed by atoms with Crippen molar-refractivity contribution < 1.29 is 0 Å². The highest BCUT2D eigenvalue weighted by Gasteiger charge is 1.94. The fourth-order valence-corrected chi connectivity index (χ4v) is 2.47. The van der Waals surface area contributed by atoms with Crippen LogP contribution in [0.1, 0.15) is 12.8 Å². The quantitative estimate of drug-likeness (QED) is 0.216. The summed E-state index contributed by atoms with van der Waals surface area (Å²) in [5.41, 5.74) is 10.3. The third-order valence-electron chi connectivity index (χ3n) is 0.993. The molecule has 0 bridgehead atoms. The maximum Gasteiger partial charge on any atom is 0.0913 e. The molecule has 6 N–H and O–H groups in total. The summed E-state index contributed by atoms with van der Waals surface area (Å²) in [5, 5.41) is 13.9. The molecule has 0 rings (SSSR count). The largest absolute Gasteiger partial charge is 0.388 e. The van der Waals surface area contributed by atoms with Crippen LogP contribution in [-0.4, -0.2) is 23.2 Å². The van der Waals surface area contributed by atoms with Crippen LogP contribution in [0.15, 0.2) is 0 Å². The summed E-state index contributed by atoms with van der Waals surface area (Å²) in [5.74, 6) is 2.18. The average Bonchev–Trinajstić information content (AvgIpc) is 1.95. The van der Waals surface area contributed by atoms with Gasteiger partial charge in [-0.2, -0.15) is 0 Å². The average molecular weight is 206 g/mol. The normalized spacial score (nSPS) is 9.67. The van der Waals surface area contributed by atoms with E-state index in [1.165, 1.54) is 0 Å². The second kappa shape index (κ2) is 7.30. The van der Waals surface area contributed by atoms with Crippen molar-refractivity contribution in [2.24, 2.45) is 11.5 Å². The smallest absolute Gasteiger partial charge is 0.0913 e. The van der Waals surface area contributed by atoms with Crippen molar-refractivity contribution in [3.63, 3.8) is 0 Å². The molecule has 0 heterocycles. The summed E-state index contributed by atoms with van der Waals surface area (Å²) in [6, 6.07) is 0. The Hall–Kier alpha value is -0.360. The van der Waals surface area contributed by atoms with Gasteiger partial charge in [-0.25, -0.2) is 0 Å². The Balaban J connectivity index is 3.01. The second-order valence-corrected chi connectivity index (χ2v) is 4.90. The van der Waals surface area contributed by atoms with Crippen LogP contribution >= 0.6 is 21.6 Å². The summed E-state index contributed by atoms with van der Waals surface area (Å²) in [4.78, 5) is 0. The third-order valence-corrected chi connectivity index (χ3v) is 3.40. The zero-order chi connectivity index (χ0) is 9.40. The maximum atomic E-state index is 6.94. The molecule has 0 aromatic carbocycles. The summed E-state index contributed by atoms with van der Waals surface area (Å²) < 4.78 is 0. The highest BCUT2D eigenvalue weighted by molar-refractivity contribution is 8.76. The van der Waals surface area contributed by atoms with E-state index in [9.17, 15) is 0 Å². The molecule has 0 aliphatic heterocycles. The van der Waals surface area contributed by atoms with Crippen molar-refractivity contribution in [3.05, 3.63) is 0 Å². The van der Waals surface area contributed by atoms with Gasteiger partial charge in [-0.3, -0.25) is 10.8 Å². The van der Waals surface area contributed by atoms with E-state index in [2.05, 4.69) is 0 Å².